The molecule has 4 aromatic rings. The Labute approximate surface area is 201 Å². The fraction of sp³-hybridized carbons (Fsp3) is 0.154. The molecule has 0 bridgehead atoms. The van der Waals surface area contributed by atoms with Crippen LogP contribution < -0.4 is 20.9 Å². The van der Waals surface area contributed by atoms with Crippen LogP contribution in [0.4, 0.5) is 5.95 Å². The SMILES string of the molecule is COc1ccc(-n2c(NCC(=O)N[C@H](Cc3ccccc3)C(=O)O)nc3ccccc3c2=O)cc1. The zero-order chi connectivity index (χ0) is 24.8. The van der Waals surface area contributed by atoms with E-state index >= 15 is 0 Å². The van der Waals surface area contributed by atoms with Crippen molar-refractivity contribution in [2.45, 2.75) is 12.5 Å². The standard InChI is InChI=1S/C26H24N4O5/c1-35-19-13-11-18(12-14-19)30-24(32)20-9-5-6-10-21(20)29-26(30)27-16-23(31)28-22(25(33)34)15-17-7-3-2-4-8-17/h2-14,22H,15-16H2,1H3,(H,27,29)(H,28,31)(H,33,34)/t22-/m1/s1. The van der Waals surface area contributed by atoms with Crippen LogP contribution in [0.15, 0.2) is 83.7 Å². The number of ether oxygens (including phenoxy) is 1. The molecule has 0 spiro atoms. The Balaban J connectivity index is 1.58. The number of amides is 1. The Bertz CT molecular complexity index is 1400. The summed E-state index contributed by atoms with van der Waals surface area (Å²) in [6, 6.07) is 21.7. The van der Waals surface area contributed by atoms with Gasteiger partial charge in [0, 0.05) is 6.42 Å². The number of nitrogens with one attached hydrogen (secondary N) is 2. The zero-order valence-electron chi connectivity index (χ0n) is 19.0. The number of methoxy groups -OCH3 is 1. The number of fused-ring (bicyclic) bond motifs is 1. The lowest BCUT2D eigenvalue weighted by Crippen LogP contribution is -2.44. The Morgan fingerprint density at radius 3 is 2.37 bits per heavy atom. The van der Waals surface area contributed by atoms with E-state index in [1.807, 2.05) is 6.07 Å². The second-order valence-electron chi connectivity index (χ2n) is 7.79. The van der Waals surface area contributed by atoms with E-state index in [1.54, 1.807) is 79.9 Å². The lowest BCUT2D eigenvalue weighted by Gasteiger charge is -2.17. The van der Waals surface area contributed by atoms with Gasteiger partial charge in [-0.1, -0.05) is 42.5 Å². The minimum Gasteiger partial charge on any atom is -0.497 e. The first-order valence-electron chi connectivity index (χ1n) is 10.9. The van der Waals surface area contributed by atoms with Gasteiger partial charge in [0.15, 0.2) is 0 Å². The quantitative estimate of drug-likeness (QED) is 0.342. The van der Waals surface area contributed by atoms with E-state index in [0.717, 1.165) is 5.56 Å². The van der Waals surface area contributed by atoms with Crippen LogP contribution in [0.2, 0.25) is 0 Å². The van der Waals surface area contributed by atoms with Gasteiger partial charge in [-0.3, -0.25) is 9.59 Å². The molecule has 0 unspecified atom stereocenters. The van der Waals surface area contributed by atoms with Crippen molar-refractivity contribution in [3.63, 3.8) is 0 Å². The first-order valence-corrected chi connectivity index (χ1v) is 10.9. The number of carbonyl (C=O) groups is 2. The van der Waals surface area contributed by atoms with Crippen molar-refractivity contribution in [3.8, 4) is 11.4 Å². The first kappa shape index (κ1) is 23.5. The lowest BCUT2D eigenvalue weighted by atomic mass is 10.1. The van der Waals surface area contributed by atoms with Crippen LogP contribution in [0.25, 0.3) is 16.6 Å². The van der Waals surface area contributed by atoms with Crippen molar-refractivity contribution in [1.29, 1.82) is 0 Å². The van der Waals surface area contributed by atoms with E-state index in [0.29, 0.717) is 22.3 Å². The highest BCUT2D eigenvalue weighted by Crippen LogP contribution is 2.19. The number of carboxylic acid groups (broad SMARTS) is 1. The normalized spacial score (nSPS) is 11.6. The number of benzene rings is 3. The Hall–Kier alpha value is -4.66. The van der Waals surface area contributed by atoms with Gasteiger partial charge in [0.2, 0.25) is 11.9 Å². The van der Waals surface area contributed by atoms with Gasteiger partial charge in [-0.05, 0) is 42.0 Å². The van der Waals surface area contributed by atoms with E-state index in [4.69, 9.17) is 4.74 Å². The molecule has 9 heteroatoms. The average Bonchev–Trinajstić information content (AvgIpc) is 2.88. The largest absolute Gasteiger partial charge is 0.497 e. The molecule has 0 saturated carbocycles. The summed E-state index contributed by atoms with van der Waals surface area (Å²) in [6.07, 6.45) is 0.146. The molecule has 0 fully saturated rings. The molecule has 1 amide bonds. The maximum atomic E-state index is 13.3. The van der Waals surface area contributed by atoms with Crippen molar-refractivity contribution in [2.75, 3.05) is 19.0 Å². The fourth-order valence-corrected chi connectivity index (χ4v) is 3.68. The Morgan fingerprint density at radius 1 is 1.00 bits per heavy atom. The minimum atomic E-state index is -1.14. The van der Waals surface area contributed by atoms with Crippen LogP contribution in [-0.4, -0.2) is 46.2 Å². The van der Waals surface area contributed by atoms with E-state index in [9.17, 15) is 19.5 Å². The Morgan fingerprint density at radius 2 is 1.69 bits per heavy atom. The summed E-state index contributed by atoms with van der Waals surface area (Å²) in [5.41, 5.74) is 1.48. The molecule has 0 aliphatic carbocycles. The van der Waals surface area contributed by atoms with Crippen LogP contribution >= 0.6 is 0 Å². The highest BCUT2D eigenvalue weighted by atomic mass is 16.5. The number of aromatic nitrogens is 2. The number of hydrogen-bond donors (Lipinski definition) is 3. The molecule has 0 aliphatic heterocycles. The molecular weight excluding hydrogens is 448 g/mol. The summed E-state index contributed by atoms with van der Waals surface area (Å²) in [4.78, 5) is 42.2. The molecule has 1 aromatic heterocycles. The minimum absolute atomic E-state index is 0.146. The van der Waals surface area contributed by atoms with E-state index in [2.05, 4.69) is 15.6 Å². The zero-order valence-corrected chi connectivity index (χ0v) is 19.0. The van der Waals surface area contributed by atoms with Gasteiger partial charge in [-0.25, -0.2) is 14.3 Å². The molecule has 0 saturated heterocycles. The van der Waals surface area contributed by atoms with Gasteiger partial charge in [-0.2, -0.15) is 0 Å². The summed E-state index contributed by atoms with van der Waals surface area (Å²) >= 11 is 0. The molecule has 9 nitrogen and oxygen atoms in total. The van der Waals surface area contributed by atoms with E-state index < -0.39 is 17.9 Å². The van der Waals surface area contributed by atoms with Gasteiger partial charge >= 0.3 is 5.97 Å². The number of nitrogens with zero attached hydrogens (tertiary/aromatic N) is 2. The predicted octanol–water partition coefficient (Wildman–Crippen LogP) is 2.62. The molecule has 178 valence electrons. The number of anilines is 1. The van der Waals surface area contributed by atoms with Gasteiger partial charge in [-0.15, -0.1) is 0 Å². The third-order valence-corrected chi connectivity index (χ3v) is 5.43. The van der Waals surface area contributed by atoms with Crippen LogP contribution in [0.3, 0.4) is 0 Å². The molecule has 4 rings (SSSR count). The number of aliphatic carboxylic acids is 1. The predicted molar refractivity (Wildman–Crippen MR) is 132 cm³/mol. The van der Waals surface area contributed by atoms with Crippen molar-refractivity contribution in [1.82, 2.24) is 14.9 Å². The van der Waals surface area contributed by atoms with Crippen LogP contribution in [0.5, 0.6) is 5.75 Å². The molecule has 3 aromatic carbocycles. The second kappa shape index (κ2) is 10.5. The van der Waals surface area contributed by atoms with Crippen LogP contribution in [0.1, 0.15) is 5.56 Å². The summed E-state index contributed by atoms with van der Waals surface area (Å²) in [5.74, 6) is -0.898. The van der Waals surface area contributed by atoms with Gasteiger partial charge < -0.3 is 20.5 Å². The van der Waals surface area contributed by atoms with Gasteiger partial charge in [0.25, 0.3) is 5.56 Å². The number of rotatable bonds is 9. The number of carbonyl (C=O) groups excluding carboxylic acids is 1. The molecule has 0 aliphatic rings. The number of para-hydroxylation sites is 1. The van der Waals surface area contributed by atoms with E-state index in [1.165, 1.54) is 4.57 Å². The summed E-state index contributed by atoms with van der Waals surface area (Å²) in [5, 5.41) is 15.4. The summed E-state index contributed by atoms with van der Waals surface area (Å²) < 4.78 is 6.56. The van der Waals surface area contributed by atoms with Gasteiger partial charge in [0.1, 0.15) is 11.8 Å². The van der Waals surface area contributed by atoms with Crippen molar-refractivity contribution in [3.05, 3.63) is 94.8 Å². The topological polar surface area (TPSA) is 123 Å². The van der Waals surface area contributed by atoms with Crippen molar-refractivity contribution in [2.24, 2.45) is 0 Å². The molecule has 1 atom stereocenters. The average molecular weight is 473 g/mol. The molecule has 0 radical (unpaired) electrons. The summed E-state index contributed by atoms with van der Waals surface area (Å²) in [6.45, 7) is -0.278. The lowest BCUT2D eigenvalue weighted by molar-refractivity contribution is -0.141. The third-order valence-electron chi connectivity index (χ3n) is 5.43. The molecule has 35 heavy (non-hydrogen) atoms. The van der Waals surface area contributed by atoms with E-state index in [-0.39, 0.29) is 24.5 Å². The fourth-order valence-electron chi connectivity index (χ4n) is 3.68. The maximum absolute atomic E-state index is 13.3. The van der Waals surface area contributed by atoms with Crippen molar-refractivity contribution < 1.29 is 19.4 Å². The number of hydrogen-bond acceptors (Lipinski definition) is 6. The number of carboxylic acids is 1. The molecule has 3 N–H and O–H groups in total. The molecule has 1 heterocycles. The van der Waals surface area contributed by atoms with Crippen LogP contribution in [0, 0.1) is 0 Å². The van der Waals surface area contributed by atoms with Gasteiger partial charge in [0.05, 0.1) is 30.2 Å². The monoisotopic (exact) mass is 472 g/mol. The first-order chi connectivity index (χ1) is 17.0. The highest BCUT2D eigenvalue weighted by Gasteiger charge is 2.21. The van der Waals surface area contributed by atoms with Crippen molar-refractivity contribution >= 4 is 28.7 Å². The highest BCUT2D eigenvalue weighted by molar-refractivity contribution is 5.86. The smallest absolute Gasteiger partial charge is 0.326 e. The maximum Gasteiger partial charge on any atom is 0.326 e. The van der Waals surface area contributed by atoms with Crippen LogP contribution in [-0.2, 0) is 16.0 Å². The second-order valence-corrected chi connectivity index (χ2v) is 7.79. The Kier molecular flexibility index (Phi) is 7.06. The molecular formula is C26H24N4O5. The summed E-state index contributed by atoms with van der Waals surface area (Å²) in [7, 11) is 1.55. The third kappa shape index (κ3) is 5.47.